The lowest BCUT2D eigenvalue weighted by Crippen LogP contribution is -2.60. The minimum atomic E-state index is -1.86. The third-order valence-electron chi connectivity index (χ3n) is 5.25. The van der Waals surface area contributed by atoms with Crippen molar-refractivity contribution in [3.05, 3.63) is 29.8 Å². The van der Waals surface area contributed by atoms with E-state index < -0.39 is 55.3 Å². The van der Waals surface area contributed by atoms with E-state index >= 15 is 0 Å². The van der Waals surface area contributed by atoms with E-state index in [1.165, 1.54) is 0 Å². The summed E-state index contributed by atoms with van der Waals surface area (Å²) < 4.78 is 21.6. The fraction of sp³-hybridized carbons (Fsp3) is 0.684. The fourth-order valence-electron chi connectivity index (χ4n) is 3.27. The number of rotatable bonds is 8. The third-order valence-corrected chi connectivity index (χ3v) is 5.25. The number of ether oxygens (including phenoxy) is 4. The lowest BCUT2D eigenvalue weighted by atomic mass is 9.99. The minimum absolute atomic E-state index is 0.00548. The maximum Gasteiger partial charge on any atom is 0.229 e. The van der Waals surface area contributed by atoms with Crippen LogP contribution in [-0.4, -0.2) is 111 Å². The van der Waals surface area contributed by atoms with E-state index in [4.69, 9.17) is 29.2 Å². The maximum absolute atomic E-state index is 10.2. The van der Waals surface area contributed by atoms with E-state index in [0.29, 0.717) is 12.2 Å². The van der Waals surface area contributed by atoms with Crippen molar-refractivity contribution in [2.75, 3.05) is 26.4 Å². The summed E-state index contributed by atoms with van der Waals surface area (Å²) in [6, 6.07) is 6.69. The van der Waals surface area contributed by atoms with Crippen molar-refractivity contribution in [2.24, 2.45) is 0 Å². The number of aliphatic hydroxyl groups is 7. The summed E-state index contributed by atoms with van der Waals surface area (Å²) >= 11 is 0. The van der Waals surface area contributed by atoms with E-state index in [0.717, 1.165) is 5.56 Å². The summed E-state index contributed by atoms with van der Waals surface area (Å²) in [5, 5.41) is 68.6. The van der Waals surface area contributed by atoms with Crippen molar-refractivity contribution < 1.29 is 54.7 Å². The molecule has 0 radical (unpaired) electrons. The molecule has 2 aliphatic heterocycles. The molecule has 2 heterocycles. The maximum atomic E-state index is 10.2. The average Bonchev–Trinajstić information content (AvgIpc) is 3.04. The topological polar surface area (TPSA) is 179 Å². The fourth-order valence-corrected chi connectivity index (χ4v) is 3.27. The van der Waals surface area contributed by atoms with Crippen LogP contribution in [0, 0.1) is 0 Å². The first kappa shape index (κ1) is 23.3. The molecule has 11 heteroatoms. The molecule has 170 valence electrons. The smallest absolute Gasteiger partial charge is 0.229 e. The van der Waals surface area contributed by atoms with Crippen molar-refractivity contribution in [1.82, 2.24) is 0 Å². The summed E-state index contributed by atoms with van der Waals surface area (Å²) in [4.78, 5) is 0. The van der Waals surface area contributed by atoms with E-state index in [1.54, 1.807) is 24.3 Å². The molecule has 0 bridgehead atoms. The van der Waals surface area contributed by atoms with Crippen LogP contribution in [0.15, 0.2) is 24.3 Å². The monoisotopic (exact) mass is 432 g/mol. The van der Waals surface area contributed by atoms with Gasteiger partial charge in [-0.25, -0.2) is 0 Å². The highest BCUT2D eigenvalue weighted by Gasteiger charge is 2.50. The molecule has 0 aliphatic carbocycles. The molecular weight excluding hydrogens is 404 g/mol. The summed E-state index contributed by atoms with van der Waals surface area (Å²) in [6.45, 7) is -1.42. The molecule has 11 nitrogen and oxygen atoms in total. The van der Waals surface area contributed by atoms with Crippen molar-refractivity contribution >= 4 is 0 Å². The lowest BCUT2D eigenvalue weighted by Gasteiger charge is -2.40. The molecule has 0 aromatic heterocycles. The zero-order chi connectivity index (χ0) is 21.9. The second-order valence-corrected chi connectivity index (χ2v) is 7.47. The Labute approximate surface area is 172 Å². The van der Waals surface area contributed by atoms with E-state index in [1.807, 2.05) is 0 Å². The van der Waals surface area contributed by atoms with Gasteiger partial charge < -0.3 is 54.7 Å². The lowest BCUT2D eigenvalue weighted by molar-refractivity contribution is -0.289. The number of hydrogen-bond acceptors (Lipinski definition) is 11. The predicted molar refractivity (Wildman–Crippen MR) is 98.3 cm³/mol. The molecule has 1 aromatic rings. The molecule has 0 spiro atoms. The van der Waals surface area contributed by atoms with Gasteiger partial charge in [-0.3, -0.25) is 0 Å². The van der Waals surface area contributed by atoms with Crippen molar-refractivity contribution in [1.29, 1.82) is 0 Å². The number of aliphatic hydroxyl groups excluding tert-OH is 6. The van der Waals surface area contributed by atoms with Gasteiger partial charge in [0.25, 0.3) is 0 Å². The molecule has 2 fully saturated rings. The van der Waals surface area contributed by atoms with Gasteiger partial charge >= 0.3 is 0 Å². The summed E-state index contributed by atoms with van der Waals surface area (Å²) in [7, 11) is 0. The zero-order valence-corrected chi connectivity index (χ0v) is 16.1. The highest BCUT2D eigenvalue weighted by molar-refractivity contribution is 5.27. The molecule has 1 aromatic carbocycles. The quantitative estimate of drug-likeness (QED) is 0.221. The normalized spacial score (nSPS) is 39.2. The number of hydrogen-bond donors (Lipinski definition) is 7. The van der Waals surface area contributed by atoms with E-state index in [-0.39, 0.29) is 19.8 Å². The molecule has 30 heavy (non-hydrogen) atoms. The van der Waals surface area contributed by atoms with Gasteiger partial charge in [-0.15, -0.1) is 0 Å². The summed E-state index contributed by atoms with van der Waals surface area (Å²) in [5.74, 6) is 0.339. The molecule has 8 atom stereocenters. The Hall–Kier alpha value is -1.38. The second kappa shape index (κ2) is 9.83. The SMILES string of the molecule is OCCc1ccc(OC2OC(COC3OCC(O)(CO)C3O)C(O)C(O)C2O)cc1. The predicted octanol–water partition coefficient (Wildman–Crippen LogP) is -3.13. The Morgan fingerprint density at radius 3 is 2.27 bits per heavy atom. The Morgan fingerprint density at radius 2 is 1.67 bits per heavy atom. The zero-order valence-electron chi connectivity index (χ0n) is 16.1. The molecule has 3 rings (SSSR count). The van der Waals surface area contributed by atoms with Gasteiger partial charge in [-0.2, -0.15) is 0 Å². The first-order valence-electron chi connectivity index (χ1n) is 9.59. The summed E-state index contributed by atoms with van der Waals surface area (Å²) in [6.07, 6.45) is -9.42. The second-order valence-electron chi connectivity index (χ2n) is 7.47. The van der Waals surface area contributed by atoms with Crippen LogP contribution in [0.2, 0.25) is 0 Å². The Morgan fingerprint density at radius 1 is 0.967 bits per heavy atom. The van der Waals surface area contributed by atoms with Crippen LogP contribution in [-0.2, 0) is 20.6 Å². The van der Waals surface area contributed by atoms with Gasteiger partial charge in [0.1, 0.15) is 41.9 Å². The molecule has 0 saturated carbocycles. The Kier molecular flexibility index (Phi) is 7.63. The first-order valence-corrected chi connectivity index (χ1v) is 9.59. The van der Waals surface area contributed by atoms with Crippen LogP contribution in [0.1, 0.15) is 5.56 Å². The van der Waals surface area contributed by atoms with Crippen molar-refractivity contribution in [3.63, 3.8) is 0 Å². The van der Waals surface area contributed by atoms with Gasteiger partial charge in [0.2, 0.25) is 6.29 Å². The summed E-state index contributed by atoms with van der Waals surface area (Å²) in [5.41, 5.74) is -0.977. The largest absolute Gasteiger partial charge is 0.462 e. The Bertz CT molecular complexity index is 671. The number of benzene rings is 1. The van der Waals surface area contributed by atoms with Gasteiger partial charge in [-0.1, -0.05) is 12.1 Å². The highest BCUT2D eigenvalue weighted by atomic mass is 16.7. The van der Waals surface area contributed by atoms with Crippen LogP contribution in [0.3, 0.4) is 0 Å². The van der Waals surface area contributed by atoms with Gasteiger partial charge in [0, 0.05) is 6.61 Å². The van der Waals surface area contributed by atoms with Crippen molar-refractivity contribution in [2.45, 2.75) is 55.1 Å². The van der Waals surface area contributed by atoms with E-state index in [2.05, 4.69) is 0 Å². The molecular formula is C19H28O11. The van der Waals surface area contributed by atoms with Crippen LogP contribution < -0.4 is 4.74 Å². The molecule has 2 saturated heterocycles. The molecule has 8 unspecified atom stereocenters. The molecule has 2 aliphatic rings. The van der Waals surface area contributed by atoms with Crippen molar-refractivity contribution in [3.8, 4) is 5.75 Å². The van der Waals surface area contributed by atoms with Gasteiger partial charge in [-0.05, 0) is 24.1 Å². The minimum Gasteiger partial charge on any atom is -0.462 e. The van der Waals surface area contributed by atoms with Crippen LogP contribution in [0.4, 0.5) is 0 Å². The first-order chi connectivity index (χ1) is 14.3. The van der Waals surface area contributed by atoms with Gasteiger partial charge in [0.15, 0.2) is 6.29 Å². The van der Waals surface area contributed by atoms with Crippen LogP contribution >= 0.6 is 0 Å². The highest BCUT2D eigenvalue weighted by Crippen LogP contribution is 2.28. The molecule has 0 amide bonds. The van der Waals surface area contributed by atoms with Crippen LogP contribution in [0.25, 0.3) is 0 Å². The Balaban J connectivity index is 1.60. The van der Waals surface area contributed by atoms with Crippen LogP contribution in [0.5, 0.6) is 5.75 Å². The molecule has 7 N–H and O–H groups in total. The average molecular weight is 432 g/mol. The standard InChI is InChI=1S/C19H28O11/c20-6-5-10-1-3-11(4-2-10)29-17-15(24)14(23)13(22)12(30-17)7-27-18-16(25)19(26,8-21)9-28-18/h1-4,12-18,20-26H,5-9H2. The van der Waals surface area contributed by atoms with Gasteiger partial charge in [0.05, 0.1) is 19.8 Å². The third kappa shape index (κ3) is 4.92. The van der Waals surface area contributed by atoms with E-state index in [9.17, 15) is 25.5 Å².